The van der Waals surface area contributed by atoms with Crippen molar-refractivity contribution in [3.05, 3.63) is 0 Å². The van der Waals surface area contributed by atoms with Gasteiger partial charge in [-0.3, -0.25) is 0 Å². The third kappa shape index (κ3) is 1.03. The Morgan fingerprint density at radius 3 is 1.24 bits per heavy atom. The fraction of sp³-hybridized carbons (Fsp3) is 1.00. The molecule has 4 heterocycles. The van der Waals surface area contributed by atoms with Gasteiger partial charge in [-0.25, -0.2) is 0 Å². The monoisotopic (exact) mass is 245 g/mol. The van der Waals surface area contributed by atoms with E-state index >= 15 is 0 Å². The van der Waals surface area contributed by atoms with Crippen LogP contribution in [0.3, 0.4) is 0 Å². The predicted octanol–water partition coefficient (Wildman–Crippen LogP) is -0.304. The van der Waals surface area contributed by atoms with Gasteiger partial charge in [0.25, 0.3) is 0 Å². The SMILES string of the molecule is CC12C[N+]3(C)CC(C)(N1O)N(O)C(C)(C3)N2O. The summed E-state index contributed by atoms with van der Waals surface area (Å²) in [5, 5.41) is 34.3. The fourth-order valence-corrected chi connectivity index (χ4v) is 4.56. The molecule has 98 valence electrons. The molecule has 0 amide bonds. The summed E-state index contributed by atoms with van der Waals surface area (Å²) in [7, 11) is 2.10. The number of hydrogen-bond donors (Lipinski definition) is 3. The van der Waals surface area contributed by atoms with Crippen LogP contribution in [0.5, 0.6) is 0 Å². The highest BCUT2D eigenvalue weighted by atomic mass is 16.6. The molecule has 0 unspecified atom stereocenters. The van der Waals surface area contributed by atoms with Crippen molar-refractivity contribution in [1.82, 2.24) is 15.2 Å². The molecule has 0 aliphatic carbocycles. The van der Waals surface area contributed by atoms with E-state index in [0.29, 0.717) is 19.6 Å². The summed E-state index contributed by atoms with van der Waals surface area (Å²) < 4.78 is 0.731. The lowest BCUT2D eigenvalue weighted by molar-refractivity contribution is -0.970. The minimum Gasteiger partial charge on any atom is -0.318 e. The summed E-state index contributed by atoms with van der Waals surface area (Å²) in [6.45, 7) is 7.26. The smallest absolute Gasteiger partial charge is 0.171 e. The van der Waals surface area contributed by atoms with Crippen molar-refractivity contribution < 1.29 is 20.1 Å². The Bertz CT molecular complexity index is 321. The van der Waals surface area contributed by atoms with E-state index in [4.69, 9.17) is 0 Å². The van der Waals surface area contributed by atoms with E-state index in [0.717, 1.165) is 19.7 Å². The Morgan fingerprint density at radius 1 is 0.765 bits per heavy atom. The Kier molecular flexibility index (Phi) is 1.85. The minimum atomic E-state index is -0.867. The van der Waals surface area contributed by atoms with Gasteiger partial charge >= 0.3 is 0 Å². The van der Waals surface area contributed by atoms with Gasteiger partial charge < -0.3 is 20.1 Å². The van der Waals surface area contributed by atoms with E-state index < -0.39 is 17.0 Å². The second-order valence-electron chi connectivity index (χ2n) is 6.68. The molecule has 4 aliphatic rings. The van der Waals surface area contributed by atoms with Crippen LogP contribution in [0.2, 0.25) is 0 Å². The molecule has 7 nitrogen and oxygen atoms in total. The van der Waals surface area contributed by atoms with E-state index in [1.807, 2.05) is 0 Å². The summed E-state index contributed by atoms with van der Waals surface area (Å²) in [5.41, 5.74) is -2.60. The molecule has 0 spiro atoms. The summed E-state index contributed by atoms with van der Waals surface area (Å²) in [6, 6.07) is 0. The second-order valence-corrected chi connectivity index (χ2v) is 6.68. The van der Waals surface area contributed by atoms with Gasteiger partial charge in [0.2, 0.25) is 0 Å². The van der Waals surface area contributed by atoms with Crippen LogP contribution in [0.1, 0.15) is 20.8 Å². The molecule has 0 radical (unpaired) electrons. The number of hydrogen-bond acceptors (Lipinski definition) is 6. The van der Waals surface area contributed by atoms with Gasteiger partial charge in [-0.2, -0.15) is 0 Å². The Labute approximate surface area is 101 Å². The average molecular weight is 245 g/mol. The van der Waals surface area contributed by atoms with Crippen molar-refractivity contribution in [2.24, 2.45) is 0 Å². The zero-order valence-corrected chi connectivity index (χ0v) is 10.8. The first-order valence-electron chi connectivity index (χ1n) is 5.90. The van der Waals surface area contributed by atoms with Crippen molar-refractivity contribution in [2.75, 3.05) is 26.7 Å². The highest BCUT2D eigenvalue weighted by Gasteiger charge is 2.76. The molecule has 0 aromatic rings. The predicted molar refractivity (Wildman–Crippen MR) is 56.9 cm³/mol. The number of likely N-dealkylation sites (N-methyl/N-ethyl adjacent to an activating group) is 1. The molecule has 4 rings (SSSR count). The van der Waals surface area contributed by atoms with Gasteiger partial charge in [-0.05, 0) is 20.8 Å². The second kappa shape index (κ2) is 2.67. The summed E-state index contributed by atoms with van der Waals surface area (Å²) in [5.74, 6) is 0. The largest absolute Gasteiger partial charge is 0.318 e. The van der Waals surface area contributed by atoms with Crippen molar-refractivity contribution >= 4 is 0 Å². The topological polar surface area (TPSA) is 70.4 Å². The molecule has 0 saturated carbocycles. The molecular weight excluding hydrogens is 224 g/mol. The lowest BCUT2D eigenvalue weighted by Crippen LogP contribution is -2.97. The van der Waals surface area contributed by atoms with Gasteiger partial charge in [-0.1, -0.05) is 0 Å². The number of rotatable bonds is 0. The van der Waals surface area contributed by atoms with Crippen molar-refractivity contribution in [1.29, 1.82) is 0 Å². The van der Waals surface area contributed by atoms with E-state index in [1.165, 1.54) is 0 Å². The summed E-state index contributed by atoms with van der Waals surface area (Å²) >= 11 is 0. The van der Waals surface area contributed by atoms with Gasteiger partial charge in [0, 0.05) is 0 Å². The standard InChI is InChI=1S/C10H21N4O3/c1-8-5-14(4)6-9(2,11(8)15)13(17)10(3,7-14)12(8)16/h15-17H,5-7H2,1-4H3/q+1. The van der Waals surface area contributed by atoms with Crippen LogP contribution < -0.4 is 0 Å². The number of nitrogens with zero attached hydrogens (tertiary/aromatic N) is 4. The highest BCUT2D eigenvalue weighted by Crippen LogP contribution is 2.52. The first-order chi connectivity index (χ1) is 7.59. The Hall–Kier alpha value is -0.280. The zero-order valence-electron chi connectivity index (χ0n) is 10.8. The highest BCUT2D eigenvalue weighted by molar-refractivity contribution is 5.08. The lowest BCUT2D eigenvalue weighted by atomic mass is 9.83. The van der Waals surface area contributed by atoms with Gasteiger partial charge in [0.15, 0.2) is 17.0 Å². The maximum absolute atomic E-state index is 10.3. The summed E-state index contributed by atoms with van der Waals surface area (Å²) in [6.07, 6.45) is 0. The molecule has 7 heteroatoms. The van der Waals surface area contributed by atoms with Gasteiger partial charge in [0.05, 0.1) is 7.05 Å². The first-order valence-corrected chi connectivity index (χ1v) is 5.90. The van der Waals surface area contributed by atoms with Crippen LogP contribution in [0, 0.1) is 0 Å². The van der Waals surface area contributed by atoms with E-state index in [2.05, 4.69) is 7.05 Å². The van der Waals surface area contributed by atoms with Crippen LogP contribution >= 0.6 is 0 Å². The maximum Gasteiger partial charge on any atom is 0.171 e. The Morgan fingerprint density at radius 2 is 1.00 bits per heavy atom. The number of quaternary nitrogens is 1. The zero-order chi connectivity index (χ0) is 12.9. The van der Waals surface area contributed by atoms with Crippen LogP contribution in [0.4, 0.5) is 0 Å². The van der Waals surface area contributed by atoms with Crippen LogP contribution in [-0.4, -0.2) is 79.0 Å². The fourth-order valence-electron chi connectivity index (χ4n) is 4.56. The van der Waals surface area contributed by atoms with Crippen LogP contribution in [0.15, 0.2) is 0 Å². The maximum atomic E-state index is 10.3. The molecule has 4 aliphatic heterocycles. The van der Waals surface area contributed by atoms with Crippen LogP contribution in [-0.2, 0) is 0 Å². The molecule has 0 aromatic heterocycles. The molecule has 4 bridgehead atoms. The lowest BCUT2D eigenvalue weighted by Gasteiger charge is -2.74. The van der Waals surface area contributed by atoms with E-state index in [1.54, 1.807) is 20.8 Å². The van der Waals surface area contributed by atoms with Crippen molar-refractivity contribution in [3.8, 4) is 0 Å². The van der Waals surface area contributed by atoms with Gasteiger partial charge in [-0.15, -0.1) is 15.2 Å². The molecule has 0 atom stereocenters. The van der Waals surface area contributed by atoms with E-state index in [-0.39, 0.29) is 0 Å². The van der Waals surface area contributed by atoms with E-state index in [9.17, 15) is 15.6 Å². The average Bonchev–Trinajstić information content (AvgIpc) is 2.20. The molecule has 4 saturated heterocycles. The third-order valence-corrected chi connectivity index (χ3v) is 4.78. The first kappa shape index (κ1) is 11.8. The molecule has 17 heavy (non-hydrogen) atoms. The Balaban J connectivity index is 2.21. The summed E-state index contributed by atoms with van der Waals surface area (Å²) in [4.78, 5) is 0. The quantitative estimate of drug-likeness (QED) is 0.509. The van der Waals surface area contributed by atoms with Crippen molar-refractivity contribution in [3.63, 3.8) is 0 Å². The molecular formula is C10H21N4O3+. The van der Waals surface area contributed by atoms with Crippen molar-refractivity contribution in [2.45, 2.75) is 37.8 Å². The van der Waals surface area contributed by atoms with Gasteiger partial charge in [0.1, 0.15) is 19.6 Å². The minimum absolute atomic E-state index is 0.624. The van der Waals surface area contributed by atoms with Crippen LogP contribution in [0.25, 0.3) is 0 Å². The molecule has 0 aromatic carbocycles. The molecule has 4 fully saturated rings. The normalized spacial score (nSPS) is 60.2. The third-order valence-electron chi connectivity index (χ3n) is 4.78. The number of hydroxylamine groups is 6. The molecule has 3 N–H and O–H groups in total. The number of piperazine rings is 3.